The molecule has 1 rings (SSSR count). The van der Waals surface area contributed by atoms with Gasteiger partial charge in [0.25, 0.3) is 0 Å². The molecule has 0 aromatic rings. The lowest BCUT2D eigenvalue weighted by molar-refractivity contribution is 0.101. The predicted octanol–water partition coefficient (Wildman–Crippen LogP) is 2.52. The Morgan fingerprint density at radius 3 is 2.00 bits per heavy atom. The van der Waals surface area contributed by atoms with Crippen LogP contribution in [0.15, 0.2) is 0 Å². The monoisotopic (exact) mass is 155 g/mol. The minimum Gasteiger partial charge on any atom is -0.304 e. The van der Waals surface area contributed by atoms with Crippen LogP contribution in [0.5, 0.6) is 0 Å². The van der Waals surface area contributed by atoms with Crippen molar-refractivity contribution in [2.75, 3.05) is 14.1 Å². The summed E-state index contributed by atoms with van der Waals surface area (Å²) in [6, 6.07) is 0. The Hall–Kier alpha value is -0.0400. The summed E-state index contributed by atoms with van der Waals surface area (Å²) < 4.78 is 0. The molecule has 0 N–H and O–H groups in total. The van der Waals surface area contributed by atoms with Crippen LogP contribution in [0.2, 0.25) is 0 Å². The topological polar surface area (TPSA) is 3.24 Å². The zero-order valence-corrected chi connectivity index (χ0v) is 8.35. The molecule has 0 bridgehead atoms. The molecule has 0 aromatic heterocycles. The third-order valence-corrected chi connectivity index (χ3v) is 3.43. The van der Waals surface area contributed by atoms with Gasteiger partial charge in [-0.1, -0.05) is 6.92 Å². The van der Waals surface area contributed by atoms with Crippen molar-refractivity contribution in [2.24, 2.45) is 5.92 Å². The Kier molecular flexibility index (Phi) is 2.58. The van der Waals surface area contributed by atoms with Crippen molar-refractivity contribution in [3.63, 3.8) is 0 Å². The second-order valence-corrected chi connectivity index (χ2v) is 4.57. The molecule has 0 saturated heterocycles. The summed E-state index contributed by atoms with van der Waals surface area (Å²) in [4.78, 5) is 2.39. The summed E-state index contributed by atoms with van der Waals surface area (Å²) >= 11 is 0. The Morgan fingerprint density at radius 2 is 1.64 bits per heavy atom. The maximum atomic E-state index is 2.39. The van der Waals surface area contributed by atoms with Gasteiger partial charge in [0.2, 0.25) is 0 Å². The molecule has 0 aromatic carbocycles. The second kappa shape index (κ2) is 3.14. The fraction of sp³-hybridized carbons (Fsp3) is 1.00. The van der Waals surface area contributed by atoms with Gasteiger partial charge in [-0.2, -0.15) is 0 Å². The van der Waals surface area contributed by atoms with Gasteiger partial charge < -0.3 is 4.90 Å². The lowest BCUT2D eigenvalue weighted by atomic mass is 9.78. The van der Waals surface area contributed by atoms with Crippen LogP contribution in [-0.4, -0.2) is 24.5 Å². The molecule has 0 atom stereocenters. The highest BCUT2D eigenvalue weighted by Gasteiger charge is 2.30. The summed E-state index contributed by atoms with van der Waals surface area (Å²) in [5, 5.41) is 0. The van der Waals surface area contributed by atoms with E-state index in [1.807, 2.05) is 0 Å². The van der Waals surface area contributed by atoms with Crippen LogP contribution < -0.4 is 0 Å². The largest absolute Gasteiger partial charge is 0.304 e. The van der Waals surface area contributed by atoms with Gasteiger partial charge in [-0.05, 0) is 52.6 Å². The van der Waals surface area contributed by atoms with Gasteiger partial charge >= 0.3 is 0 Å². The van der Waals surface area contributed by atoms with Crippen molar-refractivity contribution < 1.29 is 0 Å². The van der Waals surface area contributed by atoms with E-state index in [4.69, 9.17) is 0 Å². The van der Waals surface area contributed by atoms with E-state index in [9.17, 15) is 0 Å². The molecular formula is C10H21N. The molecule has 0 unspecified atom stereocenters. The van der Waals surface area contributed by atoms with Crippen LogP contribution in [0.4, 0.5) is 0 Å². The smallest absolute Gasteiger partial charge is 0.0175 e. The van der Waals surface area contributed by atoms with E-state index >= 15 is 0 Å². The Bertz CT molecular complexity index is 121. The summed E-state index contributed by atoms with van der Waals surface area (Å²) in [7, 11) is 4.41. The van der Waals surface area contributed by atoms with E-state index in [0.717, 1.165) is 5.92 Å². The molecular weight excluding hydrogens is 134 g/mol. The first kappa shape index (κ1) is 9.05. The molecule has 66 valence electrons. The van der Waals surface area contributed by atoms with Gasteiger partial charge in [0.05, 0.1) is 0 Å². The van der Waals surface area contributed by atoms with Gasteiger partial charge in [-0.25, -0.2) is 0 Å². The lowest BCUT2D eigenvalue weighted by Crippen LogP contribution is -2.43. The highest BCUT2D eigenvalue weighted by Crippen LogP contribution is 2.34. The fourth-order valence-electron chi connectivity index (χ4n) is 1.83. The highest BCUT2D eigenvalue weighted by atomic mass is 15.1. The molecule has 0 amide bonds. The number of hydrogen-bond donors (Lipinski definition) is 0. The van der Waals surface area contributed by atoms with Crippen LogP contribution in [0.1, 0.15) is 39.5 Å². The van der Waals surface area contributed by atoms with Crippen molar-refractivity contribution in [2.45, 2.75) is 45.1 Å². The molecule has 1 nitrogen and oxygen atoms in total. The standard InChI is InChI=1S/C10H21N/c1-9-5-7-10(2,8-6-9)11(3)4/h9H,5-8H2,1-4H3. The molecule has 1 saturated carbocycles. The normalized spacial score (nSPS) is 39.5. The van der Waals surface area contributed by atoms with Gasteiger partial charge in [0, 0.05) is 5.54 Å². The van der Waals surface area contributed by atoms with Crippen LogP contribution in [0.25, 0.3) is 0 Å². The fourth-order valence-corrected chi connectivity index (χ4v) is 1.83. The summed E-state index contributed by atoms with van der Waals surface area (Å²) in [5.41, 5.74) is 0.493. The first-order chi connectivity index (χ1) is 5.04. The van der Waals surface area contributed by atoms with Gasteiger partial charge in [0.15, 0.2) is 0 Å². The van der Waals surface area contributed by atoms with Crippen LogP contribution in [-0.2, 0) is 0 Å². The van der Waals surface area contributed by atoms with E-state index in [-0.39, 0.29) is 0 Å². The summed E-state index contributed by atoms with van der Waals surface area (Å²) in [6.45, 7) is 4.76. The average Bonchev–Trinajstić information content (AvgIpc) is 1.95. The molecule has 1 fully saturated rings. The molecule has 0 heterocycles. The van der Waals surface area contributed by atoms with Crippen LogP contribution in [0, 0.1) is 5.92 Å². The zero-order chi connectivity index (χ0) is 8.48. The van der Waals surface area contributed by atoms with Gasteiger partial charge in [-0.15, -0.1) is 0 Å². The van der Waals surface area contributed by atoms with E-state index in [2.05, 4.69) is 32.8 Å². The van der Waals surface area contributed by atoms with E-state index < -0.39 is 0 Å². The third kappa shape index (κ3) is 1.96. The van der Waals surface area contributed by atoms with Crippen LogP contribution >= 0.6 is 0 Å². The third-order valence-electron chi connectivity index (χ3n) is 3.43. The van der Waals surface area contributed by atoms with Crippen molar-refractivity contribution in [3.05, 3.63) is 0 Å². The minimum atomic E-state index is 0.493. The molecule has 1 aliphatic carbocycles. The first-order valence-electron chi connectivity index (χ1n) is 4.72. The summed E-state index contributed by atoms with van der Waals surface area (Å²) in [6.07, 6.45) is 5.58. The van der Waals surface area contributed by atoms with Gasteiger partial charge in [0.1, 0.15) is 0 Å². The van der Waals surface area contributed by atoms with Crippen molar-refractivity contribution in [3.8, 4) is 0 Å². The van der Waals surface area contributed by atoms with Crippen LogP contribution in [0.3, 0.4) is 0 Å². The minimum absolute atomic E-state index is 0.493. The highest BCUT2D eigenvalue weighted by molar-refractivity contribution is 4.87. The quantitative estimate of drug-likeness (QED) is 0.562. The molecule has 0 aliphatic heterocycles. The van der Waals surface area contributed by atoms with E-state index in [1.165, 1.54) is 25.7 Å². The average molecular weight is 155 g/mol. The van der Waals surface area contributed by atoms with E-state index in [1.54, 1.807) is 0 Å². The van der Waals surface area contributed by atoms with Crippen molar-refractivity contribution in [1.82, 2.24) is 4.90 Å². The number of nitrogens with zero attached hydrogens (tertiary/aromatic N) is 1. The number of rotatable bonds is 1. The van der Waals surface area contributed by atoms with Crippen molar-refractivity contribution >= 4 is 0 Å². The zero-order valence-electron chi connectivity index (χ0n) is 8.35. The van der Waals surface area contributed by atoms with E-state index in [0.29, 0.717) is 5.54 Å². The first-order valence-corrected chi connectivity index (χ1v) is 4.72. The molecule has 1 heteroatoms. The lowest BCUT2D eigenvalue weighted by Gasteiger charge is -2.41. The Labute approximate surface area is 70.8 Å². The number of hydrogen-bond acceptors (Lipinski definition) is 1. The second-order valence-electron chi connectivity index (χ2n) is 4.57. The Morgan fingerprint density at radius 1 is 1.18 bits per heavy atom. The predicted molar refractivity (Wildman–Crippen MR) is 49.7 cm³/mol. The molecule has 1 aliphatic rings. The summed E-state index contributed by atoms with van der Waals surface area (Å²) in [5.74, 6) is 0.961. The SMILES string of the molecule is CC1CCC(C)(N(C)C)CC1. The molecule has 0 radical (unpaired) electrons. The van der Waals surface area contributed by atoms with Crippen molar-refractivity contribution in [1.29, 1.82) is 0 Å². The maximum absolute atomic E-state index is 2.39. The molecule has 11 heavy (non-hydrogen) atoms. The maximum Gasteiger partial charge on any atom is 0.0175 e. The molecule has 0 spiro atoms. The Balaban J connectivity index is 2.48. The van der Waals surface area contributed by atoms with Gasteiger partial charge in [-0.3, -0.25) is 0 Å².